The van der Waals surface area contributed by atoms with Crippen molar-refractivity contribution in [3.8, 4) is 5.75 Å². The number of aliphatic hydroxyl groups is 1. The van der Waals surface area contributed by atoms with Crippen LogP contribution in [-0.2, 0) is 0 Å². The normalized spacial score (nSPS) is 23.7. The SMILES string of the molecule is COc1cc(C(=O)N2CCCC(O)(CN3CCCC3)C2)nc2ccccc12. The molecule has 1 N–H and O–H groups in total. The fraction of sp³-hybridized carbons (Fsp3) is 0.524. The van der Waals surface area contributed by atoms with Crippen molar-refractivity contribution in [2.75, 3.05) is 39.8 Å². The fourth-order valence-electron chi connectivity index (χ4n) is 4.36. The zero-order valence-electron chi connectivity index (χ0n) is 15.9. The monoisotopic (exact) mass is 369 g/mol. The molecule has 2 aliphatic rings. The summed E-state index contributed by atoms with van der Waals surface area (Å²) < 4.78 is 5.47. The van der Waals surface area contributed by atoms with E-state index >= 15 is 0 Å². The van der Waals surface area contributed by atoms with Gasteiger partial charge in [-0.25, -0.2) is 4.98 Å². The van der Waals surface area contributed by atoms with Gasteiger partial charge in [-0.2, -0.15) is 0 Å². The number of methoxy groups -OCH3 is 1. The van der Waals surface area contributed by atoms with E-state index in [4.69, 9.17) is 4.74 Å². The van der Waals surface area contributed by atoms with Crippen molar-refractivity contribution in [1.29, 1.82) is 0 Å². The van der Waals surface area contributed by atoms with E-state index in [1.54, 1.807) is 18.1 Å². The molecule has 1 amide bonds. The average Bonchev–Trinajstić information content (AvgIpc) is 3.18. The average molecular weight is 369 g/mol. The van der Waals surface area contributed by atoms with Crippen molar-refractivity contribution in [3.05, 3.63) is 36.0 Å². The van der Waals surface area contributed by atoms with Crippen molar-refractivity contribution in [3.63, 3.8) is 0 Å². The van der Waals surface area contributed by atoms with Crippen molar-refractivity contribution in [2.24, 2.45) is 0 Å². The highest BCUT2D eigenvalue weighted by Crippen LogP contribution is 2.28. The minimum Gasteiger partial charge on any atom is -0.496 e. The van der Waals surface area contributed by atoms with Gasteiger partial charge in [0.25, 0.3) is 5.91 Å². The van der Waals surface area contributed by atoms with Crippen LogP contribution in [0.1, 0.15) is 36.2 Å². The summed E-state index contributed by atoms with van der Waals surface area (Å²) in [7, 11) is 1.60. The lowest BCUT2D eigenvalue weighted by Crippen LogP contribution is -2.55. The predicted octanol–water partition coefficient (Wildman–Crippen LogP) is 2.31. The van der Waals surface area contributed by atoms with Gasteiger partial charge in [0.1, 0.15) is 11.4 Å². The number of fused-ring (bicyclic) bond motifs is 1. The standard InChI is InChI=1S/C21H27N3O3/c1-27-19-13-18(22-17-8-3-2-7-16(17)19)20(25)24-12-6-9-21(26,15-24)14-23-10-4-5-11-23/h2-3,7-8,13,26H,4-6,9-12,14-15H2,1H3. The molecule has 1 aromatic heterocycles. The lowest BCUT2D eigenvalue weighted by Gasteiger charge is -2.41. The summed E-state index contributed by atoms with van der Waals surface area (Å²) in [4.78, 5) is 21.7. The zero-order valence-corrected chi connectivity index (χ0v) is 15.9. The van der Waals surface area contributed by atoms with Gasteiger partial charge >= 0.3 is 0 Å². The molecule has 0 bridgehead atoms. The second-order valence-electron chi connectivity index (χ2n) is 7.76. The van der Waals surface area contributed by atoms with Crippen LogP contribution in [-0.4, -0.2) is 71.2 Å². The van der Waals surface area contributed by atoms with Crippen LogP contribution in [0.5, 0.6) is 5.75 Å². The van der Waals surface area contributed by atoms with Crippen LogP contribution in [0.2, 0.25) is 0 Å². The first-order valence-electron chi connectivity index (χ1n) is 9.76. The number of aromatic nitrogens is 1. The number of β-amino-alcohol motifs (C(OH)–C–C–N with tert-alkyl or cyclic N) is 1. The smallest absolute Gasteiger partial charge is 0.272 e. The summed E-state index contributed by atoms with van der Waals surface area (Å²) in [6.45, 7) is 3.74. The largest absolute Gasteiger partial charge is 0.496 e. The number of para-hydroxylation sites is 1. The number of likely N-dealkylation sites (tertiary alicyclic amines) is 2. The van der Waals surface area contributed by atoms with Crippen molar-refractivity contribution in [1.82, 2.24) is 14.8 Å². The Labute approximate surface area is 159 Å². The van der Waals surface area contributed by atoms with Gasteiger partial charge in [0.05, 0.1) is 24.8 Å². The molecule has 2 aliphatic heterocycles. The second-order valence-corrected chi connectivity index (χ2v) is 7.76. The molecule has 6 nitrogen and oxygen atoms in total. The lowest BCUT2D eigenvalue weighted by atomic mass is 9.92. The molecule has 1 unspecified atom stereocenters. The summed E-state index contributed by atoms with van der Waals surface area (Å²) in [6.07, 6.45) is 3.93. The number of ether oxygens (including phenoxy) is 1. The van der Waals surface area contributed by atoms with E-state index in [0.717, 1.165) is 36.8 Å². The molecule has 3 heterocycles. The number of benzene rings is 1. The first kappa shape index (κ1) is 18.2. The number of hydrogen-bond acceptors (Lipinski definition) is 5. The predicted molar refractivity (Wildman–Crippen MR) is 104 cm³/mol. The molecular formula is C21H27N3O3. The van der Waals surface area contributed by atoms with Gasteiger partial charge in [-0.1, -0.05) is 12.1 Å². The number of piperidine rings is 1. The number of pyridine rings is 1. The highest BCUT2D eigenvalue weighted by Gasteiger charge is 2.37. The Balaban J connectivity index is 1.55. The molecule has 0 spiro atoms. The molecule has 2 fully saturated rings. The maximum atomic E-state index is 13.1. The third kappa shape index (κ3) is 3.77. The Kier molecular flexibility index (Phi) is 5.02. The van der Waals surface area contributed by atoms with Crippen LogP contribution in [0, 0.1) is 0 Å². The first-order chi connectivity index (χ1) is 13.1. The third-order valence-electron chi connectivity index (χ3n) is 5.68. The van der Waals surface area contributed by atoms with E-state index in [2.05, 4.69) is 9.88 Å². The van der Waals surface area contributed by atoms with Gasteiger partial charge in [-0.05, 0) is 50.9 Å². The molecule has 1 atom stereocenters. The Morgan fingerprint density at radius 1 is 1.22 bits per heavy atom. The van der Waals surface area contributed by atoms with Crippen molar-refractivity contribution < 1.29 is 14.6 Å². The van der Waals surface area contributed by atoms with Crippen LogP contribution in [0.25, 0.3) is 10.9 Å². The highest BCUT2D eigenvalue weighted by atomic mass is 16.5. The zero-order chi connectivity index (χ0) is 18.9. The summed E-state index contributed by atoms with van der Waals surface area (Å²) in [5, 5.41) is 12.0. The van der Waals surface area contributed by atoms with E-state index in [1.807, 2.05) is 24.3 Å². The number of nitrogens with zero attached hydrogens (tertiary/aromatic N) is 3. The minimum absolute atomic E-state index is 0.140. The Morgan fingerprint density at radius 3 is 2.78 bits per heavy atom. The fourth-order valence-corrected chi connectivity index (χ4v) is 4.36. The van der Waals surface area contributed by atoms with Crippen molar-refractivity contribution in [2.45, 2.75) is 31.3 Å². The molecule has 2 saturated heterocycles. The molecule has 144 valence electrons. The quantitative estimate of drug-likeness (QED) is 0.896. The number of carbonyl (C=O) groups is 1. The van der Waals surface area contributed by atoms with Gasteiger partial charge in [0, 0.05) is 24.5 Å². The van der Waals surface area contributed by atoms with Gasteiger partial charge < -0.3 is 19.6 Å². The minimum atomic E-state index is -0.834. The van der Waals surface area contributed by atoms with Crippen LogP contribution in [0.3, 0.4) is 0 Å². The van der Waals surface area contributed by atoms with Crippen LogP contribution in [0.15, 0.2) is 30.3 Å². The van der Waals surface area contributed by atoms with Crippen LogP contribution in [0.4, 0.5) is 0 Å². The second kappa shape index (κ2) is 7.44. The summed E-state index contributed by atoms with van der Waals surface area (Å²) in [6, 6.07) is 9.36. The molecule has 0 radical (unpaired) electrons. The lowest BCUT2D eigenvalue weighted by molar-refractivity contribution is -0.0432. The summed E-state index contributed by atoms with van der Waals surface area (Å²) in [5.74, 6) is 0.506. The van der Waals surface area contributed by atoms with E-state index in [0.29, 0.717) is 31.1 Å². The number of hydrogen-bond donors (Lipinski definition) is 1. The molecule has 1 aromatic carbocycles. The van der Waals surface area contributed by atoms with Gasteiger partial charge in [-0.15, -0.1) is 0 Å². The number of rotatable bonds is 4. The van der Waals surface area contributed by atoms with E-state index in [1.165, 1.54) is 12.8 Å². The number of amides is 1. The van der Waals surface area contributed by atoms with Crippen LogP contribution < -0.4 is 4.74 Å². The Hall–Kier alpha value is -2.18. The molecule has 27 heavy (non-hydrogen) atoms. The molecular weight excluding hydrogens is 342 g/mol. The number of carbonyl (C=O) groups excluding carboxylic acids is 1. The summed E-state index contributed by atoms with van der Waals surface area (Å²) >= 11 is 0. The van der Waals surface area contributed by atoms with Gasteiger partial charge in [-0.3, -0.25) is 4.79 Å². The van der Waals surface area contributed by atoms with Crippen LogP contribution >= 0.6 is 0 Å². The molecule has 2 aromatic rings. The maximum Gasteiger partial charge on any atom is 0.272 e. The molecule has 0 aliphatic carbocycles. The highest BCUT2D eigenvalue weighted by molar-refractivity contribution is 5.97. The van der Waals surface area contributed by atoms with E-state index < -0.39 is 5.60 Å². The van der Waals surface area contributed by atoms with Crippen molar-refractivity contribution >= 4 is 16.8 Å². The van der Waals surface area contributed by atoms with Gasteiger partial charge in [0.15, 0.2) is 0 Å². The maximum absolute atomic E-state index is 13.1. The topological polar surface area (TPSA) is 65.9 Å². The Morgan fingerprint density at radius 2 is 2.00 bits per heavy atom. The summed E-state index contributed by atoms with van der Waals surface area (Å²) in [5.41, 5.74) is 0.277. The van der Waals surface area contributed by atoms with E-state index in [-0.39, 0.29) is 5.91 Å². The van der Waals surface area contributed by atoms with E-state index in [9.17, 15) is 9.90 Å². The third-order valence-corrected chi connectivity index (χ3v) is 5.68. The molecule has 4 rings (SSSR count). The van der Waals surface area contributed by atoms with Gasteiger partial charge in [0.2, 0.25) is 0 Å². The Bertz CT molecular complexity index is 835. The molecule has 0 saturated carbocycles. The molecule has 6 heteroatoms. The first-order valence-corrected chi connectivity index (χ1v) is 9.76.